The van der Waals surface area contributed by atoms with Crippen LogP contribution in [0.3, 0.4) is 0 Å². The van der Waals surface area contributed by atoms with Crippen molar-refractivity contribution in [2.75, 3.05) is 0 Å². The Hall–Kier alpha value is -0.726. The van der Waals surface area contributed by atoms with Crippen molar-refractivity contribution >= 4 is 16.6 Å². The van der Waals surface area contributed by atoms with E-state index in [0.717, 1.165) is 19.3 Å². The lowest BCUT2D eigenvalue weighted by molar-refractivity contribution is -0.143. The van der Waals surface area contributed by atoms with Crippen molar-refractivity contribution in [3.63, 3.8) is 0 Å². The van der Waals surface area contributed by atoms with Gasteiger partial charge in [-0.15, -0.1) is 0 Å². The smallest absolute Gasteiger partial charge is 0.192 e. The van der Waals surface area contributed by atoms with Gasteiger partial charge in [-0.2, -0.15) is 0 Å². The largest absolute Gasteiger partial charge is 0.414 e. The van der Waals surface area contributed by atoms with E-state index in [1.165, 1.54) is 36.8 Å². The summed E-state index contributed by atoms with van der Waals surface area (Å²) < 4.78 is 14.3. The topological polar surface area (TPSA) is 38.7 Å². The lowest BCUT2D eigenvalue weighted by atomic mass is 9.44. The van der Waals surface area contributed by atoms with E-state index in [2.05, 4.69) is 118 Å². The van der Waals surface area contributed by atoms with Crippen LogP contribution in [0.4, 0.5) is 0 Å². The highest BCUT2D eigenvalue weighted by molar-refractivity contribution is 6.74. The van der Waals surface area contributed by atoms with Gasteiger partial charge in [0, 0.05) is 12.5 Å². The fourth-order valence-corrected chi connectivity index (χ4v) is 12.1. The zero-order valence-corrected chi connectivity index (χ0v) is 31.8. The molecule has 8 atom stereocenters. The molecule has 1 aromatic rings. The van der Waals surface area contributed by atoms with Crippen LogP contribution in [-0.2, 0) is 15.3 Å². The zero-order chi connectivity index (χ0) is 31.9. The molecular weight excluding hydrogens is 561 g/mol. The van der Waals surface area contributed by atoms with Crippen LogP contribution in [0.15, 0.2) is 42.0 Å². The Bertz CT molecular complexity index is 1190. The molecule has 1 aromatic carbocycles. The average molecular weight is 625 g/mol. The molecule has 242 valence electrons. The molecule has 4 aliphatic rings. The Balaban J connectivity index is 1.52. The van der Waals surface area contributed by atoms with Crippen molar-refractivity contribution < 1.29 is 14.0 Å². The molecule has 0 aromatic heterocycles. The number of hydrogen-bond acceptors (Lipinski definition) is 3. The molecule has 0 radical (unpaired) electrons. The van der Waals surface area contributed by atoms with E-state index in [-0.39, 0.29) is 32.9 Å². The monoisotopic (exact) mass is 624 g/mol. The van der Waals surface area contributed by atoms with Crippen LogP contribution in [0.1, 0.15) is 106 Å². The SMILES string of the molecule is CC(C)(C)[Si](C)(C)O[C@H]1CC[C@@]2(C)C(=C[C@](O)(Cc3ccccc3)[C@H]3[C@@H]4CC[C@H](O[Si](C)(C)C(C)(C)C)[C@@]4(C)CC[C@@H]32)C1. The summed E-state index contributed by atoms with van der Waals surface area (Å²) >= 11 is 0. The van der Waals surface area contributed by atoms with Crippen molar-refractivity contribution in [2.45, 2.75) is 161 Å². The average Bonchev–Trinajstić information content (AvgIpc) is 3.19. The van der Waals surface area contributed by atoms with Crippen LogP contribution in [-0.4, -0.2) is 39.6 Å². The molecule has 0 spiro atoms. The number of hydrogen-bond donors (Lipinski definition) is 1. The number of fused-ring (bicyclic) bond motifs is 5. The van der Waals surface area contributed by atoms with Gasteiger partial charge in [-0.25, -0.2) is 0 Å². The van der Waals surface area contributed by atoms with Gasteiger partial charge in [-0.3, -0.25) is 0 Å². The van der Waals surface area contributed by atoms with E-state index in [4.69, 9.17) is 8.85 Å². The van der Waals surface area contributed by atoms with Gasteiger partial charge in [0.2, 0.25) is 0 Å². The van der Waals surface area contributed by atoms with E-state index in [1.54, 1.807) is 0 Å². The molecule has 0 amide bonds. The van der Waals surface area contributed by atoms with Gasteiger partial charge >= 0.3 is 0 Å². The minimum absolute atomic E-state index is 0.117. The first kappa shape index (κ1) is 33.6. The summed E-state index contributed by atoms with van der Waals surface area (Å²) in [5.74, 6) is 1.23. The Morgan fingerprint density at radius 1 is 0.791 bits per heavy atom. The minimum Gasteiger partial charge on any atom is -0.414 e. The second kappa shape index (κ2) is 10.9. The van der Waals surface area contributed by atoms with Gasteiger partial charge in [0.15, 0.2) is 16.6 Å². The number of aliphatic hydroxyl groups is 1. The Morgan fingerprint density at radius 2 is 1.40 bits per heavy atom. The van der Waals surface area contributed by atoms with Crippen molar-refractivity contribution in [1.82, 2.24) is 0 Å². The van der Waals surface area contributed by atoms with E-state index in [9.17, 15) is 5.11 Å². The maximum Gasteiger partial charge on any atom is 0.192 e. The van der Waals surface area contributed by atoms with Crippen LogP contribution in [0.2, 0.25) is 36.3 Å². The molecule has 3 saturated carbocycles. The van der Waals surface area contributed by atoms with Crippen LogP contribution in [0.5, 0.6) is 0 Å². The summed E-state index contributed by atoms with van der Waals surface area (Å²) in [7, 11) is -3.78. The van der Waals surface area contributed by atoms with E-state index >= 15 is 0 Å². The van der Waals surface area contributed by atoms with Crippen LogP contribution in [0, 0.1) is 28.6 Å². The summed E-state index contributed by atoms with van der Waals surface area (Å²) in [6, 6.07) is 10.8. The molecule has 4 aliphatic carbocycles. The maximum atomic E-state index is 13.1. The molecule has 3 fully saturated rings. The Morgan fingerprint density at radius 3 is 2.00 bits per heavy atom. The Kier molecular flexibility index (Phi) is 8.55. The molecule has 5 heteroatoms. The third kappa shape index (κ3) is 5.86. The fraction of sp³-hybridized carbons (Fsp3) is 0.789. The van der Waals surface area contributed by atoms with Crippen LogP contribution >= 0.6 is 0 Å². The first-order valence-electron chi connectivity index (χ1n) is 17.5. The molecule has 1 N–H and O–H groups in total. The third-order valence-corrected chi connectivity index (χ3v) is 23.0. The molecule has 5 rings (SSSR count). The van der Waals surface area contributed by atoms with Crippen molar-refractivity contribution in [3.8, 4) is 0 Å². The van der Waals surface area contributed by atoms with Gasteiger partial charge in [0.25, 0.3) is 0 Å². The van der Waals surface area contributed by atoms with Gasteiger partial charge in [-0.1, -0.05) is 97.4 Å². The lowest BCUT2D eigenvalue weighted by Crippen LogP contribution is -2.61. The molecule has 0 unspecified atom stereocenters. The first-order chi connectivity index (χ1) is 19.6. The summed E-state index contributed by atoms with van der Waals surface area (Å²) in [5.41, 5.74) is 2.13. The third-order valence-electron chi connectivity index (χ3n) is 14.0. The fourth-order valence-electron chi connectivity index (χ4n) is 9.26. The van der Waals surface area contributed by atoms with Gasteiger partial charge in [-0.05, 0) is 115 Å². The molecule has 43 heavy (non-hydrogen) atoms. The summed E-state index contributed by atoms with van der Waals surface area (Å²) in [6.07, 6.45) is 11.7. The van der Waals surface area contributed by atoms with Gasteiger partial charge < -0.3 is 14.0 Å². The van der Waals surface area contributed by atoms with Crippen molar-refractivity contribution in [2.24, 2.45) is 28.6 Å². The predicted molar refractivity (Wildman–Crippen MR) is 186 cm³/mol. The molecule has 3 nitrogen and oxygen atoms in total. The highest BCUT2D eigenvalue weighted by Crippen LogP contribution is 2.68. The highest BCUT2D eigenvalue weighted by atomic mass is 28.4. The van der Waals surface area contributed by atoms with Gasteiger partial charge in [0.05, 0.1) is 11.7 Å². The highest BCUT2D eigenvalue weighted by Gasteiger charge is 2.65. The summed E-state index contributed by atoms with van der Waals surface area (Å²) in [5, 5.41) is 13.5. The summed E-state index contributed by atoms with van der Waals surface area (Å²) in [4.78, 5) is 0. The second-order valence-electron chi connectivity index (χ2n) is 18.7. The Labute approximate surface area is 266 Å². The minimum atomic E-state index is -1.90. The molecule has 0 saturated heterocycles. The lowest BCUT2D eigenvalue weighted by Gasteiger charge is -2.62. The van der Waals surface area contributed by atoms with E-state index < -0.39 is 22.2 Å². The molecule has 0 aliphatic heterocycles. The summed E-state index contributed by atoms with van der Waals surface area (Å²) in [6.45, 7) is 28.8. The normalized spacial score (nSPS) is 38.6. The van der Waals surface area contributed by atoms with Crippen molar-refractivity contribution in [1.29, 1.82) is 0 Å². The maximum absolute atomic E-state index is 13.1. The van der Waals surface area contributed by atoms with Crippen LogP contribution in [0.25, 0.3) is 0 Å². The van der Waals surface area contributed by atoms with E-state index in [1.807, 2.05) is 0 Å². The standard InChI is InChI=1S/C38H64O3Si2/c1-34(2,3)42(9,10)40-29-20-22-36(7)28(24-29)26-38(39,25-27-16-14-13-15-17-27)33-30-18-19-32(37(30,8)23-21-31(33)36)41-43(11,12)35(4,5)6/h13-17,26,29-33,39H,18-25H2,1-12H3/t29-,30-,31-,32-,33-,36-,37-,38+/m0/s1. The quantitative estimate of drug-likeness (QED) is 0.253. The molecular formula is C38H64O3Si2. The predicted octanol–water partition coefficient (Wildman–Crippen LogP) is 10.3. The number of benzene rings is 1. The van der Waals surface area contributed by atoms with E-state index in [0.29, 0.717) is 24.4 Å². The first-order valence-corrected chi connectivity index (χ1v) is 23.3. The molecule has 0 bridgehead atoms. The van der Waals surface area contributed by atoms with Crippen molar-refractivity contribution in [3.05, 3.63) is 47.5 Å². The zero-order valence-electron chi connectivity index (χ0n) is 29.8. The molecule has 0 heterocycles. The van der Waals surface area contributed by atoms with Crippen LogP contribution < -0.4 is 0 Å². The second-order valence-corrected chi connectivity index (χ2v) is 28.2. The number of rotatable bonds is 6. The van der Waals surface area contributed by atoms with Gasteiger partial charge in [0.1, 0.15) is 0 Å².